The van der Waals surface area contributed by atoms with Crippen molar-refractivity contribution in [3.8, 4) is 0 Å². The van der Waals surface area contributed by atoms with Crippen LogP contribution in [0.25, 0.3) is 0 Å². The Bertz CT molecular complexity index is 180. The molecular weight excluding hydrogens is 168 g/mol. The summed E-state index contributed by atoms with van der Waals surface area (Å²) in [5, 5.41) is 5.83. The van der Waals surface area contributed by atoms with Crippen LogP contribution in [0.15, 0.2) is 5.18 Å². The molecular formula is C9H18N2O2. The van der Waals surface area contributed by atoms with Crippen molar-refractivity contribution >= 4 is 5.78 Å². The third-order valence-corrected chi connectivity index (χ3v) is 2.09. The average Bonchev–Trinajstić information content (AvgIpc) is 2.12. The number of carbonyl (C=O) groups is 1. The highest BCUT2D eigenvalue weighted by Gasteiger charge is 2.23. The first-order chi connectivity index (χ1) is 6.02. The topological polar surface area (TPSA) is 58.5 Å². The van der Waals surface area contributed by atoms with Crippen molar-refractivity contribution in [1.29, 1.82) is 0 Å². The van der Waals surface area contributed by atoms with Gasteiger partial charge in [0.2, 0.25) is 0 Å². The minimum Gasteiger partial charge on any atom is -0.317 e. The number of ketones is 1. The van der Waals surface area contributed by atoms with Crippen LogP contribution in [0.3, 0.4) is 0 Å². The van der Waals surface area contributed by atoms with Gasteiger partial charge in [-0.15, -0.1) is 0 Å². The summed E-state index contributed by atoms with van der Waals surface area (Å²) in [5.74, 6) is -0.191. The first kappa shape index (κ1) is 12.2. The standard InChI is InChI=1S/C9H18N2O2/c1-6(2)9(12)8(11-13)5-7(3)10-4/h6-8,10H,5H2,1-4H3. The van der Waals surface area contributed by atoms with Gasteiger partial charge in [0.25, 0.3) is 0 Å². The molecule has 0 aromatic rings. The van der Waals surface area contributed by atoms with Crippen LogP contribution < -0.4 is 5.32 Å². The van der Waals surface area contributed by atoms with E-state index in [1.165, 1.54) is 0 Å². The van der Waals surface area contributed by atoms with E-state index >= 15 is 0 Å². The van der Waals surface area contributed by atoms with Crippen molar-refractivity contribution in [3.63, 3.8) is 0 Å². The van der Waals surface area contributed by atoms with Crippen LogP contribution in [-0.2, 0) is 4.79 Å². The summed E-state index contributed by atoms with van der Waals surface area (Å²) in [6.45, 7) is 5.49. The molecule has 0 aliphatic heterocycles. The van der Waals surface area contributed by atoms with E-state index in [1.807, 2.05) is 6.92 Å². The molecule has 1 N–H and O–H groups in total. The summed E-state index contributed by atoms with van der Waals surface area (Å²) in [5.41, 5.74) is 0. The van der Waals surface area contributed by atoms with Crippen molar-refractivity contribution in [2.45, 2.75) is 39.3 Å². The maximum Gasteiger partial charge on any atom is 0.163 e. The van der Waals surface area contributed by atoms with E-state index in [-0.39, 0.29) is 17.7 Å². The Labute approximate surface area is 79.1 Å². The Kier molecular flexibility index (Phi) is 5.46. The van der Waals surface area contributed by atoms with E-state index in [9.17, 15) is 9.70 Å². The quantitative estimate of drug-likeness (QED) is 0.637. The van der Waals surface area contributed by atoms with E-state index < -0.39 is 6.04 Å². The molecule has 76 valence electrons. The largest absolute Gasteiger partial charge is 0.317 e. The fourth-order valence-corrected chi connectivity index (χ4v) is 1.05. The minimum atomic E-state index is -0.692. The lowest BCUT2D eigenvalue weighted by molar-refractivity contribution is -0.123. The summed E-state index contributed by atoms with van der Waals surface area (Å²) in [7, 11) is 1.80. The van der Waals surface area contributed by atoms with Crippen molar-refractivity contribution in [2.24, 2.45) is 11.1 Å². The van der Waals surface area contributed by atoms with Crippen LogP contribution in [0.2, 0.25) is 0 Å². The van der Waals surface area contributed by atoms with E-state index in [0.717, 1.165) is 0 Å². The number of nitrogens with zero attached hydrogens (tertiary/aromatic N) is 1. The molecule has 13 heavy (non-hydrogen) atoms. The zero-order chi connectivity index (χ0) is 10.4. The molecule has 0 spiro atoms. The lowest BCUT2D eigenvalue weighted by atomic mass is 9.97. The number of Topliss-reactive ketones (excluding diaryl/α,β-unsaturated/α-hetero) is 1. The van der Waals surface area contributed by atoms with Gasteiger partial charge in [0.15, 0.2) is 11.8 Å². The van der Waals surface area contributed by atoms with Crippen LogP contribution in [0.5, 0.6) is 0 Å². The molecule has 0 rings (SSSR count). The predicted molar refractivity (Wildman–Crippen MR) is 52.6 cm³/mol. The summed E-state index contributed by atoms with van der Waals surface area (Å²) in [6, 6.07) is -0.548. The second-order valence-electron chi connectivity index (χ2n) is 3.60. The zero-order valence-electron chi connectivity index (χ0n) is 8.70. The fourth-order valence-electron chi connectivity index (χ4n) is 1.05. The van der Waals surface area contributed by atoms with Gasteiger partial charge in [0.05, 0.1) is 0 Å². The second-order valence-corrected chi connectivity index (χ2v) is 3.60. The molecule has 0 bridgehead atoms. The smallest absolute Gasteiger partial charge is 0.163 e. The van der Waals surface area contributed by atoms with E-state index in [2.05, 4.69) is 10.5 Å². The third-order valence-electron chi connectivity index (χ3n) is 2.09. The average molecular weight is 186 g/mol. The minimum absolute atomic E-state index is 0.0721. The number of nitroso groups, excluding NO2 is 1. The maximum atomic E-state index is 11.4. The van der Waals surface area contributed by atoms with Gasteiger partial charge < -0.3 is 5.32 Å². The van der Waals surface area contributed by atoms with Crippen LogP contribution in [0.4, 0.5) is 0 Å². The van der Waals surface area contributed by atoms with E-state index in [4.69, 9.17) is 0 Å². The summed E-state index contributed by atoms with van der Waals surface area (Å²) >= 11 is 0. The molecule has 0 fully saturated rings. The molecule has 0 aliphatic carbocycles. The number of rotatable bonds is 6. The highest BCUT2D eigenvalue weighted by Crippen LogP contribution is 2.09. The first-order valence-corrected chi connectivity index (χ1v) is 4.56. The zero-order valence-corrected chi connectivity index (χ0v) is 8.70. The molecule has 0 saturated carbocycles. The van der Waals surface area contributed by atoms with Crippen LogP contribution in [-0.4, -0.2) is 24.9 Å². The molecule has 0 saturated heterocycles. The van der Waals surface area contributed by atoms with Gasteiger partial charge >= 0.3 is 0 Å². The predicted octanol–water partition coefficient (Wildman–Crippen LogP) is 1.34. The summed E-state index contributed by atoms with van der Waals surface area (Å²) < 4.78 is 0. The van der Waals surface area contributed by atoms with E-state index in [0.29, 0.717) is 6.42 Å². The Balaban J connectivity index is 4.18. The molecule has 0 amide bonds. The van der Waals surface area contributed by atoms with Crippen molar-refractivity contribution in [3.05, 3.63) is 4.91 Å². The highest BCUT2D eigenvalue weighted by atomic mass is 16.3. The molecule has 0 aliphatic rings. The first-order valence-electron chi connectivity index (χ1n) is 4.56. The van der Waals surface area contributed by atoms with Gasteiger partial charge in [0.1, 0.15) is 0 Å². The Morgan fingerprint density at radius 2 is 1.92 bits per heavy atom. The van der Waals surface area contributed by atoms with Gasteiger partial charge in [-0.3, -0.25) is 4.79 Å². The molecule has 0 heterocycles. The van der Waals surface area contributed by atoms with Crippen LogP contribution >= 0.6 is 0 Å². The lowest BCUT2D eigenvalue weighted by Gasteiger charge is -2.15. The molecule has 2 unspecified atom stereocenters. The Morgan fingerprint density at radius 1 is 1.38 bits per heavy atom. The van der Waals surface area contributed by atoms with Gasteiger partial charge in [-0.25, -0.2) is 0 Å². The Hall–Kier alpha value is -0.770. The maximum absolute atomic E-state index is 11.4. The molecule has 4 heteroatoms. The van der Waals surface area contributed by atoms with Crippen molar-refractivity contribution in [1.82, 2.24) is 5.32 Å². The lowest BCUT2D eigenvalue weighted by Crippen LogP contribution is -2.32. The summed E-state index contributed by atoms with van der Waals surface area (Å²) in [6.07, 6.45) is 0.483. The van der Waals surface area contributed by atoms with Crippen LogP contribution in [0, 0.1) is 10.8 Å². The molecule has 0 aromatic heterocycles. The normalized spacial score (nSPS) is 15.5. The fraction of sp³-hybridized carbons (Fsp3) is 0.889. The number of nitrogens with one attached hydrogen (secondary N) is 1. The van der Waals surface area contributed by atoms with E-state index in [1.54, 1.807) is 20.9 Å². The second kappa shape index (κ2) is 5.80. The van der Waals surface area contributed by atoms with Gasteiger partial charge in [-0.05, 0) is 20.4 Å². The van der Waals surface area contributed by atoms with Crippen LogP contribution in [0.1, 0.15) is 27.2 Å². The molecule has 0 radical (unpaired) electrons. The van der Waals surface area contributed by atoms with Crippen molar-refractivity contribution in [2.75, 3.05) is 7.05 Å². The SMILES string of the molecule is CNC(C)CC(N=O)C(=O)C(C)C. The highest BCUT2D eigenvalue weighted by molar-refractivity contribution is 5.85. The summed E-state index contributed by atoms with van der Waals surface area (Å²) in [4.78, 5) is 21.8. The Morgan fingerprint density at radius 3 is 2.23 bits per heavy atom. The number of hydrogen-bond donors (Lipinski definition) is 1. The molecule has 0 aromatic carbocycles. The third kappa shape index (κ3) is 4.12. The monoisotopic (exact) mass is 186 g/mol. The van der Waals surface area contributed by atoms with Crippen molar-refractivity contribution < 1.29 is 4.79 Å². The molecule has 2 atom stereocenters. The number of hydrogen-bond acceptors (Lipinski definition) is 4. The van der Waals surface area contributed by atoms with Gasteiger partial charge in [-0.1, -0.05) is 19.0 Å². The number of carbonyl (C=O) groups excluding carboxylic acids is 1. The molecule has 4 nitrogen and oxygen atoms in total. The van der Waals surface area contributed by atoms with Gasteiger partial charge in [0, 0.05) is 12.0 Å². The van der Waals surface area contributed by atoms with Gasteiger partial charge in [-0.2, -0.15) is 4.91 Å².